The van der Waals surface area contributed by atoms with Gasteiger partial charge >= 0.3 is 7.60 Å². The van der Waals surface area contributed by atoms with E-state index in [-0.39, 0.29) is 12.1 Å². The summed E-state index contributed by atoms with van der Waals surface area (Å²) in [6.07, 6.45) is 2.06. The number of carbonyl (C=O) groups is 1. The van der Waals surface area contributed by atoms with E-state index in [2.05, 4.69) is 6.58 Å². The molecule has 1 amide bonds. The first-order valence-corrected chi connectivity index (χ1v) is 7.46. The summed E-state index contributed by atoms with van der Waals surface area (Å²) in [5, 5.41) is 0. The topological polar surface area (TPSA) is 77.8 Å². The SMILES string of the molecule is C=C(C)C(=O)N(C)C(CCCC)CP(=O)(O)O. The minimum atomic E-state index is -4.11. The lowest BCUT2D eigenvalue weighted by Gasteiger charge is -2.28. The molecule has 0 aliphatic heterocycles. The first-order chi connectivity index (χ1) is 7.69. The van der Waals surface area contributed by atoms with Crippen molar-refractivity contribution in [2.75, 3.05) is 13.2 Å². The molecule has 0 aromatic rings. The Morgan fingerprint density at radius 1 is 1.47 bits per heavy atom. The fraction of sp³-hybridized carbons (Fsp3) is 0.727. The summed E-state index contributed by atoms with van der Waals surface area (Å²) in [5.41, 5.74) is 0.375. The zero-order chi connectivity index (χ0) is 13.6. The van der Waals surface area contributed by atoms with Crippen LogP contribution in [0.15, 0.2) is 12.2 Å². The lowest BCUT2D eigenvalue weighted by atomic mass is 10.1. The Morgan fingerprint density at radius 3 is 2.35 bits per heavy atom. The van der Waals surface area contributed by atoms with Crippen molar-refractivity contribution >= 4 is 13.5 Å². The fourth-order valence-electron chi connectivity index (χ4n) is 1.59. The van der Waals surface area contributed by atoms with Crippen molar-refractivity contribution in [1.82, 2.24) is 4.90 Å². The first kappa shape index (κ1) is 16.4. The van der Waals surface area contributed by atoms with Gasteiger partial charge in [-0.2, -0.15) is 0 Å². The molecule has 100 valence electrons. The highest BCUT2D eigenvalue weighted by Gasteiger charge is 2.27. The second-order valence-electron chi connectivity index (χ2n) is 4.34. The average Bonchev–Trinajstić information content (AvgIpc) is 2.20. The van der Waals surface area contributed by atoms with Crippen LogP contribution in [0.4, 0.5) is 0 Å². The molecule has 0 spiro atoms. The second kappa shape index (κ2) is 6.94. The van der Waals surface area contributed by atoms with Crippen LogP contribution in [0.3, 0.4) is 0 Å². The molecule has 1 unspecified atom stereocenters. The minimum Gasteiger partial charge on any atom is -0.338 e. The zero-order valence-corrected chi connectivity index (χ0v) is 11.6. The molecule has 0 saturated heterocycles. The summed E-state index contributed by atoms with van der Waals surface area (Å²) in [5.74, 6) is -0.264. The second-order valence-corrected chi connectivity index (χ2v) is 6.03. The van der Waals surface area contributed by atoms with Gasteiger partial charge in [-0.1, -0.05) is 26.3 Å². The predicted octanol–water partition coefficient (Wildman–Crippen LogP) is 1.76. The van der Waals surface area contributed by atoms with Gasteiger partial charge in [0.15, 0.2) is 0 Å². The summed E-state index contributed by atoms with van der Waals surface area (Å²) >= 11 is 0. The highest BCUT2D eigenvalue weighted by Crippen LogP contribution is 2.37. The Hall–Kier alpha value is -0.640. The summed E-state index contributed by atoms with van der Waals surface area (Å²) in [6, 6.07) is -0.431. The van der Waals surface area contributed by atoms with E-state index in [1.807, 2.05) is 6.92 Å². The van der Waals surface area contributed by atoms with Gasteiger partial charge in [-0.05, 0) is 13.3 Å². The van der Waals surface area contributed by atoms with Crippen LogP contribution in [0.2, 0.25) is 0 Å². The number of nitrogens with zero attached hydrogens (tertiary/aromatic N) is 1. The Balaban J connectivity index is 4.72. The number of likely N-dealkylation sites (N-methyl/N-ethyl adjacent to an activating group) is 1. The minimum absolute atomic E-state index is 0.264. The number of hydrogen-bond acceptors (Lipinski definition) is 2. The molecule has 0 heterocycles. The molecule has 0 aliphatic carbocycles. The van der Waals surface area contributed by atoms with Crippen molar-refractivity contribution in [3.63, 3.8) is 0 Å². The van der Waals surface area contributed by atoms with E-state index in [4.69, 9.17) is 9.79 Å². The van der Waals surface area contributed by atoms with Crippen LogP contribution >= 0.6 is 7.60 Å². The van der Waals surface area contributed by atoms with Crippen LogP contribution in [0.5, 0.6) is 0 Å². The molecule has 0 radical (unpaired) electrons. The lowest BCUT2D eigenvalue weighted by Crippen LogP contribution is -2.39. The Bertz CT molecular complexity index is 323. The van der Waals surface area contributed by atoms with Crippen LogP contribution in [-0.2, 0) is 9.36 Å². The van der Waals surface area contributed by atoms with E-state index in [0.717, 1.165) is 12.8 Å². The van der Waals surface area contributed by atoms with E-state index < -0.39 is 13.6 Å². The maximum Gasteiger partial charge on any atom is 0.327 e. The molecule has 1 atom stereocenters. The number of unbranched alkanes of at least 4 members (excludes halogenated alkanes) is 1. The standard InChI is InChI=1S/C11H22NO4P/c1-5-6-7-10(8-17(14,15)16)12(4)11(13)9(2)3/h10H,2,5-8H2,1,3-4H3,(H2,14,15,16). The van der Waals surface area contributed by atoms with Crippen molar-refractivity contribution in [3.05, 3.63) is 12.2 Å². The quantitative estimate of drug-likeness (QED) is 0.542. The number of hydrogen-bond donors (Lipinski definition) is 2. The summed E-state index contributed by atoms with van der Waals surface area (Å²) in [7, 11) is -2.55. The van der Waals surface area contributed by atoms with Gasteiger partial charge in [-0.3, -0.25) is 9.36 Å². The average molecular weight is 263 g/mol. The molecule has 0 aromatic carbocycles. The number of rotatable bonds is 7. The van der Waals surface area contributed by atoms with Gasteiger partial charge in [0.1, 0.15) is 0 Å². The van der Waals surface area contributed by atoms with E-state index >= 15 is 0 Å². The monoisotopic (exact) mass is 263 g/mol. The fourth-order valence-corrected chi connectivity index (χ4v) is 2.57. The smallest absolute Gasteiger partial charge is 0.327 e. The maximum absolute atomic E-state index is 11.7. The van der Waals surface area contributed by atoms with Gasteiger partial charge < -0.3 is 14.7 Å². The molecule has 0 aliphatic rings. The molecule has 0 rings (SSSR count). The zero-order valence-electron chi connectivity index (χ0n) is 10.7. The molecule has 17 heavy (non-hydrogen) atoms. The van der Waals surface area contributed by atoms with Gasteiger partial charge in [0.25, 0.3) is 0 Å². The molecule has 5 nitrogen and oxygen atoms in total. The molecule has 0 aromatic heterocycles. The highest BCUT2D eigenvalue weighted by atomic mass is 31.2. The highest BCUT2D eigenvalue weighted by molar-refractivity contribution is 7.51. The third-order valence-electron chi connectivity index (χ3n) is 2.57. The number of amides is 1. The van der Waals surface area contributed by atoms with Gasteiger partial charge in [0.05, 0.1) is 6.16 Å². The van der Waals surface area contributed by atoms with Crippen molar-refractivity contribution in [2.24, 2.45) is 0 Å². The van der Waals surface area contributed by atoms with Gasteiger partial charge in [0, 0.05) is 18.7 Å². The van der Waals surface area contributed by atoms with Crippen LogP contribution in [0, 0.1) is 0 Å². The molecular weight excluding hydrogens is 241 g/mol. The third kappa shape index (κ3) is 6.61. The largest absolute Gasteiger partial charge is 0.338 e. The summed E-state index contributed by atoms with van der Waals surface area (Å²) in [6.45, 7) is 7.14. The van der Waals surface area contributed by atoms with Gasteiger partial charge in [-0.15, -0.1) is 0 Å². The summed E-state index contributed by atoms with van der Waals surface area (Å²) in [4.78, 5) is 31.1. The van der Waals surface area contributed by atoms with Crippen molar-refractivity contribution in [2.45, 2.75) is 39.2 Å². The molecule has 0 fully saturated rings. The molecule has 0 bridgehead atoms. The maximum atomic E-state index is 11.7. The van der Waals surface area contributed by atoms with Gasteiger partial charge in [-0.25, -0.2) is 0 Å². The van der Waals surface area contributed by atoms with E-state index in [0.29, 0.717) is 12.0 Å². The Kier molecular flexibility index (Phi) is 6.68. The van der Waals surface area contributed by atoms with E-state index in [1.165, 1.54) is 4.90 Å². The van der Waals surface area contributed by atoms with Gasteiger partial charge in [0.2, 0.25) is 5.91 Å². The number of carbonyl (C=O) groups excluding carboxylic acids is 1. The van der Waals surface area contributed by atoms with Crippen molar-refractivity contribution in [1.29, 1.82) is 0 Å². The van der Waals surface area contributed by atoms with E-state index in [1.54, 1.807) is 14.0 Å². The lowest BCUT2D eigenvalue weighted by molar-refractivity contribution is -0.127. The molecule has 6 heteroatoms. The molecular formula is C11H22NO4P. The Labute approximate surface area is 103 Å². The predicted molar refractivity (Wildman–Crippen MR) is 67.8 cm³/mol. The van der Waals surface area contributed by atoms with Crippen LogP contribution in [0.1, 0.15) is 33.1 Å². The first-order valence-electron chi connectivity index (χ1n) is 5.66. The molecule has 0 saturated carbocycles. The third-order valence-corrected chi connectivity index (χ3v) is 3.47. The normalized spacial score (nSPS) is 13.2. The Morgan fingerprint density at radius 2 is 2.00 bits per heavy atom. The summed E-state index contributed by atoms with van der Waals surface area (Å²) < 4.78 is 11.0. The van der Waals surface area contributed by atoms with Crippen molar-refractivity contribution in [3.8, 4) is 0 Å². The molecule has 2 N–H and O–H groups in total. The van der Waals surface area contributed by atoms with Crippen LogP contribution in [-0.4, -0.2) is 39.8 Å². The van der Waals surface area contributed by atoms with Crippen LogP contribution in [0.25, 0.3) is 0 Å². The van der Waals surface area contributed by atoms with Crippen LogP contribution < -0.4 is 0 Å². The van der Waals surface area contributed by atoms with E-state index in [9.17, 15) is 9.36 Å². The van der Waals surface area contributed by atoms with Crippen molar-refractivity contribution < 1.29 is 19.1 Å².